The molecule has 0 aliphatic heterocycles. The summed E-state index contributed by atoms with van der Waals surface area (Å²) in [5.74, 6) is 0.194. The molecular weight excluding hydrogens is 420 g/mol. The molecule has 4 rings (SSSR count). The summed E-state index contributed by atoms with van der Waals surface area (Å²) < 4.78 is 1.89. The van der Waals surface area contributed by atoms with Crippen LogP contribution < -0.4 is 5.32 Å². The molecule has 6 nitrogen and oxygen atoms in total. The van der Waals surface area contributed by atoms with Crippen molar-refractivity contribution in [1.82, 2.24) is 14.5 Å². The highest BCUT2D eigenvalue weighted by molar-refractivity contribution is 7.07. The van der Waals surface area contributed by atoms with Gasteiger partial charge in [0, 0.05) is 29.1 Å². The van der Waals surface area contributed by atoms with Gasteiger partial charge in [-0.3, -0.25) is 9.59 Å². The Bertz CT molecular complexity index is 1230. The molecule has 30 heavy (non-hydrogen) atoms. The van der Waals surface area contributed by atoms with Crippen LogP contribution in [-0.2, 0) is 18.3 Å². The van der Waals surface area contributed by atoms with E-state index in [0.717, 1.165) is 16.6 Å². The molecule has 4 aromatic rings. The first-order valence-electron chi connectivity index (χ1n) is 9.35. The average molecular weight is 439 g/mol. The van der Waals surface area contributed by atoms with Crippen LogP contribution in [0.25, 0.3) is 11.0 Å². The fraction of sp³-hybridized carbons (Fsp3) is 0.182. The van der Waals surface area contributed by atoms with E-state index in [1.807, 2.05) is 48.9 Å². The molecule has 8 heteroatoms. The van der Waals surface area contributed by atoms with Gasteiger partial charge in [0.1, 0.15) is 17.3 Å². The van der Waals surface area contributed by atoms with E-state index in [9.17, 15) is 9.59 Å². The number of nitrogens with zero attached hydrogens (tertiary/aromatic N) is 3. The molecule has 0 aliphatic rings. The number of benzene rings is 2. The monoisotopic (exact) mass is 438 g/mol. The van der Waals surface area contributed by atoms with Crippen molar-refractivity contribution in [3.63, 3.8) is 0 Å². The van der Waals surface area contributed by atoms with Gasteiger partial charge in [-0.1, -0.05) is 30.7 Å². The van der Waals surface area contributed by atoms with Gasteiger partial charge >= 0.3 is 0 Å². The third kappa shape index (κ3) is 4.13. The Balaban J connectivity index is 1.54. The van der Waals surface area contributed by atoms with Gasteiger partial charge in [-0.25, -0.2) is 9.97 Å². The van der Waals surface area contributed by atoms with Gasteiger partial charge in [0.25, 0.3) is 5.91 Å². The molecule has 1 amide bonds. The molecule has 0 spiro atoms. The fourth-order valence-electron chi connectivity index (χ4n) is 3.27. The zero-order valence-electron chi connectivity index (χ0n) is 16.4. The quantitative estimate of drug-likeness (QED) is 0.466. The van der Waals surface area contributed by atoms with Crippen LogP contribution in [0, 0.1) is 0 Å². The number of amides is 1. The van der Waals surface area contributed by atoms with Crippen molar-refractivity contribution in [3.8, 4) is 0 Å². The van der Waals surface area contributed by atoms with Crippen LogP contribution in [0.1, 0.15) is 34.7 Å². The Labute approximate surface area is 182 Å². The Morgan fingerprint density at radius 3 is 2.80 bits per heavy atom. The van der Waals surface area contributed by atoms with Crippen molar-refractivity contribution >= 4 is 51.3 Å². The van der Waals surface area contributed by atoms with Gasteiger partial charge in [-0.2, -0.15) is 0 Å². The van der Waals surface area contributed by atoms with Crippen LogP contribution in [0.15, 0.2) is 53.4 Å². The maximum absolute atomic E-state index is 12.8. The minimum absolute atomic E-state index is 0.0627. The lowest BCUT2D eigenvalue weighted by molar-refractivity contribution is -0.119. The molecule has 2 heterocycles. The Hall–Kier alpha value is -3.03. The number of carbonyl (C=O) groups excluding carboxylic acids is 2. The van der Waals surface area contributed by atoms with Crippen molar-refractivity contribution in [2.45, 2.75) is 19.3 Å². The Morgan fingerprint density at radius 2 is 2.07 bits per heavy atom. The second-order valence-corrected chi connectivity index (χ2v) is 8.19. The molecule has 0 saturated carbocycles. The number of rotatable bonds is 6. The lowest BCUT2D eigenvalue weighted by Gasteiger charge is -2.11. The lowest BCUT2D eigenvalue weighted by atomic mass is 9.95. The molecule has 1 N–H and O–H groups in total. The summed E-state index contributed by atoms with van der Waals surface area (Å²) in [6, 6.07) is 12.8. The van der Waals surface area contributed by atoms with E-state index in [1.165, 1.54) is 11.3 Å². The first-order chi connectivity index (χ1) is 14.4. The van der Waals surface area contributed by atoms with Gasteiger partial charge in [0.2, 0.25) is 0 Å². The molecule has 0 bridgehead atoms. The number of ketones is 1. The smallest absolute Gasteiger partial charge is 0.275 e. The molecule has 152 valence electrons. The van der Waals surface area contributed by atoms with Crippen molar-refractivity contribution in [2.75, 3.05) is 5.32 Å². The predicted molar refractivity (Wildman–Crippen MR) is 119 cm³/mol. The van der Waals surface area contributed by atoms with E-state index >= 15 is 0 Å². The van der Waals surface area contributed by atoms with Gasteiger partial charge in [0.15, 0.2) is 0 Å². The third-order valence-corrected chi connectivity index (χ3v) is 5.88. The second-order valence-electron chi connectivity index (χ2n) is 7.04. The molecule has 1 unspecified atom stereocenters. The average Bonchev–Trinajstić information content (AvgIpc) is 3.37. The van der Waals surface area contributed by atoms with E-state index < -0.39 is 0 Å². The zero-order chi connectivity index (χ0) is 21.3. The highest BCUT2D eigenvalue weighted by Crippen LogP contribution is 2.24. The summed E-state index contributed by atoms with van der Waals surface area (Å²) in [6.07, 6.45) is 0.208. The molecule has 0 saturated heterocycles. The Morgan fingerprint density at radius 1 is 1.23 bits per heavy atom. The van der Waals surface area contributed by atoms with E-state index in [-0.39, 0.29) is 24.0 Å². The second kappa shape index (κ2) is 8.38. The van der Waals surface area contributed by atoms with Crippen LogP contribution in [0.5, 0.6) is 0 Å². The normalized spacial score (nSPS) is 12.1. The van der Waals surface area contributed by atoms with Gasteiger partial charge in [-0.05, 0) is 35.9 Å². The van der Waals surface area contributed by atoms with Crippen molar-refractivity contribution in [3.05, 3.63) is 75.5 Å². The highest BCUT2D eigenvalue weighted by Gasteiger charge is 2.19. The minimum Gasteiger partial charge on any atom is -0.331 e. The standard InChI is InChI=1S/C22H19ClN4O2S/c1-13(14-4-3-5-15(23)8-14)20(28)10-21-26-17-7-6-16(9-19(17)27(21)2)25-22(29)18-11-30-12-24-18/h3-9,11-13H,10H2,1-2H3,(H,25,29). The number of nitrogens with one attached hydrogen (secondary N) is 1. The first-order valence-corrected chi connectivity index (χ1v) is 10.7. The molecule has 2 aromatic carbocycles. The van der Waals surface area contributed by atoms with Gasteiger partial charge < -0.3 is 9.88 Å². The number of halogens is 1. The van der Waals surface area contributed by atoms with Crippen molar-refractivity contribution in [1.29, 1.82) is 0 Å². The molecule has 2 aromatic heterocycles. The van der Waals surface area contributed by atoms with Crippen LogP contribution in [0.4, 0.5) is 5.69 Å². The van der Waals surface area contributed by atoms with Crippen molar-refractivity contribution < 1.29 is 9.59 Å². The molecular formula is C22H19ClN4O2S. The number of anilines is 1. The largest absolute Gasteiger partial charge is 0.331 e. The number of imidazole rings is 1. The Kier molecular flexibility index (Phi) is 5.65. The molecule has 0 radical (unpaired) electrons. The molecule has 0 fully saturated rings. The van der Waals surface area contributed by atoms with E-state index in [0.29, 0.717) is 22.2 Å². The summed E-state index contributed by atoms with van der Waals surface area (Å²) in [5.41, 5.74) is 5.14. The first kappa shape index (κ1) is 20.3. The summed E-state index contributed by atoms with van der Waals surface area (Å²) in [7, 11) is 1.87. The summed E-state index contributed by atoms with van der Waals surface area (Å²) in [5, 5.41) is 5.15. The number of hydrogen-bond acceptors (Lipinski definition) is 5. The molecule has 1 atom stereocenters. The van der Waals surface area contributed by atoms with Crippen molar-refractivity contribution in [2.24, 2.45) is 7.05 Å². The summed E-state index contributed by atoms with van der Waals surface area (Å²) >= 11 is 7.42. The summed E-state index contributed by atoms with van der Waals surface area (Å²) in [4.78, 5) is 33.7. The predicted octanol–water partition coefficient (Wildman–Crippen LogP) is 4.85. The fourth-order valence-corrected chi connectivity index (χ4v) is 4.00. The number of aryl methyl sites for hydroxylation is 1. The number of aromatic nitrogens is 3. The van der Waals surface area contributed by atoms with E-state index in [1.54, 1.807) is 23.0 Å². The van der Waals surface area contributed by atoms with Gasteiger partial charge in [-0.15, -0.1) is 11.3 Å². The van der Waals surface area contributed by atoms with E-state index in [4.69, 9.17) is 11.6 Å². The summed E-state index contributed by atoms with van der Waals surface area (Å²) in [6.45, 7) is 1.88. The number of hydrogen-bond donors (Lipinski definition) is 1. The maximum Gasteiger partial charge on any atom is 0.275 e. The zero-order valence-corrected chi connectivity index (χ0v) is 18.0. The van der Waals surface area contributed by atoms with Crippen LogP contribution in [0.2, 0.25) is 5.02 Å². The number of fused-ring (bicyclic) bond motifs is 1. The topological polar surface area (TPSA) is 76.9 Å². The molecule has 0 aliphatic carbocycles. The minimum atomic E-state index is -0.281. The van der Waals surface area contributed by atoms with Crippen LogP contribution >= 0.6 is 22.9 Å². The highest BCUT2D eigenvalue weighted by atomic mass is 35.5. The third-order valence-electron chi connectivity index (χ3n) is 5.06. The van der Waals surface area contributed by atoms with Crippen LogP contribution in [-0.4, -0.2) is 26.2 Å². The number of thiazole rings is 1. The van der Waals surface area contributed by atoms with Gasteiger partial charge in [0.05, 0.1) is 23.0 Å². The number of Topliss-reactive ketones (excluding diaryl/α,β-unsaturated/α-hetero) is 1. The lowest BCUT2D eigenvalue weighted by Crippen LogP contribution is -2.14. The van der Waals surface area contributed by atoms with E-state index in [2.05, 4.69) is 15.3 Å². The maximum atomic E-state index is 12.8. The van der Waals surface area contributed by atoms with Crippen LogP contribution in [0.3, 0.4) is 0 Å². The SMILES string of the molecule is CC(C(=O)Cc1nc2ccc(NC(=O)c3cscn3)cc2n1C)c1cccc(Cl)c1. The number of carbonyl (C=O) groups is 2.